The molecule has 122 valence electrons. The second-order valence-corrected chi connectivity index (χ2v) is 6.14. The number of rotatable bonds is 4. The average Bonchev–Trinajstić information content (AvgIpc) is 3.00. The fourth-order valence-corrected chi connectivity index (χ4v) is 2.90. The number of aryl methyl sites for hydroxylation is 3. The smallest absolute Gasteiger partial charge is 0.258 e. The van der Waals surface area contributed by atoms with Crippen molar-refractivity contribution in [2.45, 2.75) is 27.3 Å². The maximum atomic E-state index is 12.5. The number of amides is 1. The van der Waals surface area contributed by atoms with Crippen LogP contribution in [0.15, 0.2) is 54.9 Å². The van der Waals surface area contributed by atoms with E-state index in [1.165, 1.54) is 5.56 Å². The lowest BCUT2D eigenvalue weighted by molar-refractivity contribution is 0.102. The highest BCUT2D eigenvalue weighted by Crippen LogP contribution is 2.22. The molecule has 1 amide bonds. The third-order valence-corrected chi connectivity index (χ3v) is 4.00. The number of aromatic nitrogens is 2. The monoisotopic (exact) mass is 319 g/mol. The Morgan fingerprint density at radius 1 is 1.08 bits per heavy atom. The number of benzene rings is 2. The third kappa shape index (κ3) is 3.54. The van der Waals surface area contributed by atoms with E-state index in [0.29, 0.717) is 12.1 Å². The number of carbonyl (C=O) groups excluding carboxylic acids is 1. The summed E-state index contributed by atoms with van der Waals surface area (Å²) in [5.41, 5.74) is 5.92. The topological polar surface area (TPSA) is 46.9 Å². The van der Waals surface area contributed by atoms with E-state index in [-0.39, 0.29) is 5.91 Å². The van der Waals surface area contributed by atoms with Crippen LogP contribution in [-0.4, -0.2) is 15.7 Å². The van der Waals surface area contributed by atoms with Crippen LogP contribution in [0.5, 0.6) is 0 Å². The van der Waals surface area contributed by atoms with Crippen LogP contribution < -0.4 is 5.32 Å². The van der Waals surface area contributed by atoms with Crippen molar-refractivity contribution in [1.29, 1.82) is 0 Å². The molecule has 1 N–H and O–H groups in total. The molecular weight excluding hydrogens is 298 g/mol. The van der Waals surface area contributed by atoms with E-state index in [2.05, 4.69) is 29.5 Å². The molecule has 0 aliphatic carbocycles. The molecule has 3 rings (SSSR count). The fraction of sp³-hybridized carbons (Fsp3) is 0.200. The molecule has 0 atom stereocenters. The van der Waals surface area contributed by atoms with Gasteiger partial charge in [-0.05, 0) is 37.5 Å². The molecule has 24 heavy (non-hydrogen) atoms. The SMILES string of the molecule is Cc1cc(C)c(NC(=O)c2cnn(Cc3ccccc3)c2)c(C)c1. The Morgan fingerprint density at radius 2 is 1.75 bits per heavy atom. The minimum absolute atomic E-state index is 0.135. The van der Waals surface area contributed by atoms with Gasteiger partial charge in [-0.2, -0.15) is 5.10 Å². The summed E-state index contributed by atoms with van der Waals surface area (Å²) in [4.78, 5) is 12.5. The van der Waals surface area contributed by atoms with E-state index in [4.69, 9.17) is 0 Å². The molecule has 0 saturated heterocycles. The minimum atomic E-state index is -0.135. The zero-order valence-electron chi connectivity index (χ0n) is 14.2. The van der Waals surface area contributed by atoms with E-state index in [1.807, 2.05) is 44.2 Å². The van der Waals surface area contributed by atoms with E-state index in [1.54, 1.807) is 17.1 Å². The summed E-state index contributed by atoms with van der Waals surface area (Å²) in [6.07, 6.45) is 3.39. The predicted molar refractivity (Wildman–Crippen MR) is 96.4 cm³/mol. The van der Waals surface area contributed by atoms with Crippen LogP contribution >= 0.6 is 0 Å². The molecule has 0 unspecified atom stereocenters. The van der Waals surface area contributed by atoms with Crippen molar-refractivity contribution in [2.24, 2.45) is 0 Å². The lowest BCUT2D eigenvalue weighted by Crippen LogP contribution is -2.13. The number of hydrogen-bond donors (Lipinski definition) is 1. The molecule has 4 heteroatoms. The second kappa shape index (κ2) is 6.71. The first-order chi connectivity index (χ1) is 11.5. The van der Waals surface area contributed by atoms with Crippen molar-refractivity contribution < 1.29 is 4.79 Å². The zero-order chi connectivity index (χ0) is 17.1. The quantitative estimate of drug-likeness (QED) is 0.786. The van der Waals surface area contributed by atoms with Gasteiger partial charge in [-0.1, -0.05) is 48.0 Å². The molecule has 0 saturated carbocycles. The molecule has 3 aromatic rings. The van der Waals surface area contributed by atoms with Crippen molar-refractivity contribution in [3.05, 3.63) is 82.7 Å². The van der Waals surface area contributed by atoms with Crippen molar-refractivity contribution >= 4 is 11.6 Å². The maximum Gasteiger partial charge on any atom is 0.258 e. The van der Waals surface area contributed by atoms with E-state index >= 15 is 0 Å². The number of nitrogens with zero attached hydrogens (tertiary/aromatic N) is 2. The molecule has 1 aromatic heterocycles. The largest absolute Gasteiger partial charge is 0.321 e. The van der Waals surface area contributed by atoms with E-state index < -0.39 is 0 Å². The third-order valence-electron chi connectivity index (χ3n) is 4.00. The van der Waals surface area contributed by atoms with Crippen LogP contribution in [-0.2, 0) is 6.54 Å². The Bertz CT molecular complexity index is 843. The summed E-state index contributed by atoms with van der Waals surface area (Å²) in [7, 11) is 0. The molecule has 2 aromatic carbocycles. The maximum absolute atomic E-state index is 12.5. The highest BCUT2D eigenvalue weighted by molar-refractivity contribution is 6.04. The van der Waals surface area contributed by atoms with Crippen LogP contribution in [0.1, 0.15) is 32.6 Å². The standard InChI is InChI=1S/C20H21N3O/c1-14-9-15(2)19(16(3)10-14)22-20(24)18-11-21-23(13-18)12-17-7-5-4-6-8-17/h4-11,13H,12H2,1-3H3,(H,22,24). The fourth-order valence-electron chi connectivity index (χ4n) is 2.90. The highest BCUT2D eigenvalue weighted by Gasteiger charge is 2.12. The minimum Gasteiger partial charge on any atom is -0.321 e. The van der Waals surface area contributed by atoms with Gasteiger partial charge in [0.25, 0.3) is 5.91 Å². The second-order valence-electron chi connectivity index (χ2n) is 6.14. The van der Waals surface area contributed by atoms with Crippen molar-refractivity contribution in [1.82, 2.24) is 9.78 Å². The Labute approximate surface area is 142 Å². The molecule has 0 bridgehead atoms. The van der Waals surface area contributed by atoms with Gasteiger partial charge in [0.1, 0.15) is 0 Å². The normalized spacial score (nSPS) is 10.6. The molecule has 0 aliphatic heterocycles. The summed E-state index contributed by atoms with van der Waals surface area (Å²) < 4.78 is 1.78. The van der Waals surface area contributed by atoms with Crippen LogP contribution in [0.4, 0.5) is 5.69 Å². The first kappa shape index (κ1) is 16.0. The van der Waals surface area contributed by atoms with Crippen LogP contribution in [0.25, 0.3) is 0 Å². The molecule has 4 nitrogen and oxygen atoms in total. The Hall–Kier alpha value is -2.88. The number of carbonyl (C=O) groups is 1. The summed E-state index contributed by atoms with van der Waals surface area (Å²) in [5, 5.41) is 7.30. The van der Waals surface area contributed by atoms with Gasteiger partial charge in [0.05, 0.1) is 18.3 Å². The van der Waals surface area contributed by atoms with Crippen LogP contribution in [0.2, 0.25) is 0 Å². The lowest BCUT2D eigenvalue weighted by atomic mass is 10.0. The van der Waals surface area contributed by atoms with Gasteiger partial charge in [0.2, 0.25) is 0 Å². The lowest BCUT2D eigenvalue weighted by Gasteiger charge is -2.12. The van der Waals surface area contributed by atoms with Gasteiger partial charge in [0, 0.05) is 11.9 Å². The summed E-state index contributed by atoms with van der Waals surface area (Å²) in [6, 6.07) is 14.2. The van der Waals surface area contributed by atoms with Crippen molar-refractivity contribution in [3.8, 4) is 0 Å². The molecule has 1 heterocycles. The van der Waals surface area contributed by atoms with E-state index in [9.17, 15) is 4.79 Å². The number of anilines is 1. The zero-order valence-corrected chi connectivity index (χ0v) is 14.2. The average molecular weight is 319 g/mol. The van der Waals surface area contributed by atoms with Gasteiger partial charge in [-0.3, -0.25) is 9.48 Å². The first-order valence-electron chi connectivity index (χ1n) is 7.98. The molecular formula is C20H21N3O. The predicted octanol–water partition coefficient (Wildman–Crippen LogP) is 4.11. The van der Waals surface area contributed by atoms with Gasteiger partial charge < -0.3 is 5.32 Å². The Balaban J connectivity index is 1.75. The van der Waals surface area contributed by atoms with Gasteiger partial charge in [-0.25, -0.2) is 0 Å². The van der Waals surface area contributed by atoms with E-state index in [0.717, 1.165) is 22.4 Å². The van der Waals surface area contributed by atoms with Crippen LogP contribution in [0.3, 0.4) is 0 Å². The molecule has 0 aliphatic rings. The van der Waals surface area contributed by atoms with Gasteiger partial charge >= 0.3 is 0 Å². The molecule has 0 spiro atoms. The Morgan fingerprint density at radius 3 is 2.42 bits per heavy atom. The summed E-state index contributed by atoms with van der Waals surface area (Å²) in [5.74, 6) is -0.135. The summed E-state index contributed by atoms with van der Waals surface area (Å²) in [6.45, 7) is 6.72. The molecule has 0 fully saturated rings. The highest BCUT2D eigenvalue weighted by atomic mass is 16.1. The first-order valence-corrected chi connectivity index (χ1v) is 7.98. The Kier molecular flexibility index (Phi) is 4.47. The van der Waals surface area contributed by atoms with Crippen molar-refractivity contribution in [3.63, 3.8) is 0 Å². The van der Waals surface area contributed by atoms with Crippen molar-refractivity contribution in [2.75, 3.05) is 5.32 Å². The van der Waals surface area contributed by atoms with Gasteiger partial charge in [0.15, 0.2) is 0 Å². The van der Waals surface area contributed by atoms with Crippen LogP contribution in [0, 0.1) is 20.8 Å². The van der Waals surface area contributed by atoms with Gasteiger partial charge in [-0.15, -0.1) is 0 Å². The summed E-state index contributed by atoms with van der Waals surface area (Å²) >= 11 is 0. The molecule has 0 radical (unpaired) electrons. The number of hydrogen-bond acceptors (Lipinski definition) is 2. The number of nitrogens with one attached hydrogen (secondary N) is 1.